The van der Waals surface area contributed by atoms with E-state index < -0.39 is 5.97 Å². The minimum Gasteiger partial charge on any atom is -0.476 e. The second-order valence-corrected chi connectivity index (χ2v) is 4.88. The van der Waals surface area contributed by atoms with Gasteiger partial charge in [0.15, 0.2) is 5.69 Å². The molecule has 0 saturated heterocycles. The lowest BCUT2D eigenvalue weighted by molar-refractivity contribution is 0.0689. The molecule has 6 heteroatoms. The Bertz CT molecular complexity index is 647. The minimum absolute atomic E-state index is 0.0553. The highest BCUT2D eigenvalue weighted by molar-refractivity contribution is 5.87. The zero-order valence-electron chi connectivity index (χ0n) is 11.1. The summed E-state index contributed by atoms with van der Waals surface area (Å²) < 4.78 is 6.83. The monoisotopic (exact) mass is 273 g/mol. The fraction of sp³-hybridized carbons (Fsp3) is 0.357. The van der Waals surface area contributed by atoms with Gasteiger partial charge in [-0.05, 0) is 18.9 Å². The van der Waals surface area contributed by atoms with Crippen molar-refractivity contribution in [2.75, 3.05) is 7.11 Å². The Kier molecular flexibility index (Phi) is 3.23. The van der Waals surface area contributed by atoms with Crippen LogP contribution in [0.5, 0.6) is 0 Å². The average molecular weight is 273 g/mol. The molecular formula is C14H15N3O3. The molecule has 3 rings (SSSR count). The zero-order chi connectivity index (χ0) is 14.1. The Morgan fingerprint density at radius 1 is 1.45 bits per heavy atom. The first-order valence-electron chi connectivity index (χ1n) is 6.48. The molecule has 1 heterocycles. The Hall–Kier alpha value is -2.21. The lowest BCUT2D eigenvalue weighted by atomic mass is 10.1. The van der Waals surface area contributed by atoms with Gasteiger partial charge in [0.2, 0.25) is 0 Å². The molecule has 20 heavy (non-hydrogen) atoms. The van der Waals surface area contributed by atoms with E-state index >= 15 is 0 Å². The molecule has 0 bridgehead atoms. The maximum atomic E-state index is 11.3. The zero-order valence-corrected chi connectivity index (χ0v) is 11.1. The van der Waals surface area contributed by atoms with Gasteiger partial charge in [0.25, 0.3) is 0 Å². The number of nitrogens with zero attached hydrogens (tertiary/aromatic N) is 3. The van der Waals surface area contributed by atoms with Crippen molar-refractivity contribution >= 4 is 5.97 Å². The summed E-state index contributed by atoms with van der Waals surface area (Å²) >= 11 is 0. The van der Waals surface area contributed by atoms with Crippen LogP contribution >= 0.6 is 0 Å². The van der Waals surface area contributed by atoms with Gasteiger partial charge in [-0.2, -0.15) is 0 Å². The number of hydrogen-bond donors (Lipinski definition) is 1. The van der Waals surface area contributed by atoms with Crippen LogP contribution in [0.3, 0.4) is 0 Å². The SMILES string of the molecule is COCc1ccccc1-n1nnc(C(=O)O)c1C1CC1. The van der Waals surface area contributed by atoms with Crippen molar-refractivity contribution in [3.05, 3.63) is 41.2 Å². The predicted octanol–water partition coefficient (Wildman–Crippen LogP) is 1.99. The summed E-state index contributed by atoms with van der Waals surface area (Å²) in [5.41, 5.74) is 2.54. The van der Waals surface area contributed by atoms with Crippen LogP contribution in [-0.2, 0) is 11.3 Å². The third-order valence-corrected chi connectivity index (χ3v) is 3.39. The van der Waals surface area contributed by atoms with Gasteiger partial charge in [0.05, 0.1) is 18.0 Å². The van der Waals surface area contributed by atoms with Gasteiger partial charge in [-0.1, -0.05) is 23.4 Å². The van der Waals surface area contributed by atoms with Gasteiger partial charge in [-0.25, -0.2) is 9.48 Å². The lowest BCUT2D eigenvalue weighted by Gasteiger charge is -2.11. The van der Waals surface area contributed by atoms with Crippen molar-refractivity contribution in [3.63, 3.8) is 0 Å². The van der Waals surface area contributed by atoms with E-state index in [-0.39, 0.29) is 11.6 Å². The summed E-state index contributed by atoms with van der Waals surface area (Å²) in [5.74, 6) is -0.783. The molecule has 1 fully saturated rings. The molecular weight excluding hydrogens is 258 g/mol. The fourth-order valence-corrected chi connectivity index (χ4v) is 2.34. The van der Waals surface area contributed by atoms with Crippen molar-refractivity contribution in [2.24, 2.45) is 0 Å². The summed E-state index contributed by atoms with van der Waals surface area (Å²) in [5, 5.41) is 17.1. The molecule has 1 aliphatic carbocycles. The Morgan fingerprint density at radius 3 is 2.85 bits per heavy atom. The van der Waals surface area contributed by atoms with Crippen LogP contribution in [0.1, 0.15) is 40.5 Å². The van der Waals surface area contributed by atoms with Crippen LogP contribution in [0.15, 0.2) is 24.3 Å². The van der Waals surface area contributed by atoms with Crippen LogP contribution in [0, 0.1) is 0 Å². The van der Waals surface area contributed by atoms with Gasteiger partial charge in [0.1, 0.15) is 0 Å². The summed E-state index contributed by atoms with van der Waals surface area (Å²) in [6.45, 7) is 0.447. The van der Waals surface area contributed by atoms with E-state index in [1.165, 1.54) is 0 Å². The number of aromatic nitrogens is 3. The van der Waals surface area contributed by atoms with Crippen molar-refractivity contribution in [1.29, 1.82) is 0 Å². The highest BCUT2D eigenvalue weighted by atomic mass is 16.5. The molecule has 1 saturated carbocycles. The Labute approximate surface area is 116 Å². The van der Waals surface area contributed by atoms with E-state index in [0.29, 0.717) is 12.3 Å². The van der Waals surface area contributed by atoms with Crippen molar-refractivity contribution in [1.82, 2.24) is 15.0 Å². The van der Waals surface area contributed by atoms with E-state index in [2.05, 4.69) is 10.3 Å². The number of aromatic carboxylic acids is 1. The molecule has 0 radical (unpaired) electrons. The molecule has 0 amide bonds. The number of methoxy groups -OCH3 is 1. The second kappa shape index (κ2) is 5.05. The number of carboxylic acid groups (broad SMARTS) is 1. The fourth-order valence-electron chi connectivity index (χ4n) is 2.34. The topological polar surface area (TPSA) is 77.2 Å². The molecule has 6 nitrogen and oxygen atoms in total. The molecule has 104 valence electrons. The predicted molar refractivity (Wildman–Crippen MR) is 71.0 cm³/mol. The first-order chi connectivity index (χ1) is 9.72. The van der Waals surface area contributed by atoms with Gasteiger partial charge >= 0.3 is 5.97 Å². The number of hydrogen-bond acceptors (Lipinski definition) is 4. The van der Waals surface area contributed by atoms with Crippen molar-refractivity contribution < 1.29 is 14.6 Å². The van der Waals surface area contributed by atoms with Gasteiger partial charge in [-0.15, -0.1) is 5.10 Å². The first-order valence-corrected chi connectivity index (χ1v) is 6.48. The van der Waals surface area contributed by atoms with Crippen LogP contribution < -0.4 is 0 Å². The number of para-hydroxylation sites is 1. The molecule has 0 spiro atoms. The third-order valence-electron chi connectivity index (χ3n) is 3.39. The summed E-state index contributed by atoms with van der Waals surface area (Å²) in [7, 11) is 1.63. The van der Waals surface area contributed by atoms with E-state index in [4.69, 9.17) is 4.74 Å². The quantitative estimate of drug-likeness (QED) is 0.901. The smallest absolute Gasteiger partial charge is 0.358 e. The standard InChI is InChI=1S/C14H15N3O3/c1-20-8-10-4-2-3-5-11(10)17-13(9-6-7-9)12(14(18)19)15-16-17/h2-5,9H,6-8H2,1H3,(H,18,19). The van der Waals surface area contributed by atoms with Crippen LogP contribution in [-0.4, -0.2) is 33.2 Å². The summed E-state index contributed by atoms with van der Waals surface area (Å²) in [4.78, 5) is 11.3. The van der Waals surface area contributed by atoms with Crippen molar-refractivity contribution in [3.8, 4) is 5.69 Å². The molecule has 1 aromatic heterocycles. The number of carboxylic acids is 1. The van der Waals surface area contributed by atoms with E-state index in [1.807, 2.05) is 24.3 Å². The van der Waals surface area contributed by atoms with Gasteiger partial charge in [-0.3, -0.25) is 0 Å². The van der Waals surface area contributed by atoms with Crippen LogP contribution in [0.2, 0.25) is 0 Å². The number of benzene rings is 1. The molecule has 1 aromatic carbocycles. The maximum Gasteiger partial charge on any atom is 0.358 e. The highest BCUT2D eigenvalue weighted by Crippen LogP contribution is 2.42. The van der Waals surface area contributed by atoms with Gasteiger partial charge in [0, 0.05) is 18.6 Å². The normalized spacial score (nSPS) is 14.4. The number of rotatable bonds is 5. The van der Waals surface area contributed by atoms with E-state index in [0.717, 1.165) is 24.1 Å². The molecule has 0 atom stereocenters. The number of ether oxygens (including phenoxy) is 1. The van der Waals surface area contributed by atoms with Gasteiger partial charge < -0.3 is 9.84 Å². The van der Waals surface area contributed by atoms with Crippen molar-refractivity contribution in [2.45, 2.75) is 25.4 Å². The highest BCUT2D eigenvalue weighted by Gasteiger charge is 2.34. The summed E-state index contributed by atoms with van der Waals surface area (Å²) in [6.07, 6.45) is 1.97. The summed E-state index contributed by atoms with van der Waals surface area (Å²) in [6, 6.07) is 7.66. The lowest BCUT2D eigenvalue weighted by Crippen LogP contribution is -2.08. The van der Waals surface area contributed by atoms with Crippen LogP contribution in [0.25, 0.3) is 5.69 Å². The molecule has 1 N–H and O–H groups in total. The van der Waals surface area contributed by atoms with E-state index in [9.17, 15) is 9.90 Å². The largest absolute Gasteiger partial charge is 0.476 e. The van der Waals surface area contributed by atoms with E-state index in [1.54, 1.807) is 11.8 Å². The van der Waals surface area contributed by atoms with Crippen LogP contribution in [0.4, 0.5) is 0 Å². The minimum atomic E-state index is -1.03. The molecule has 0 aliphatic heterocycles. The molecule has 0 unspecified atom stereocenters. The Morgan fingerprint density at radius 2 is 2.20 bits per heavy atom. The third kappa shape index (κ3) is 2.18. The average Bonchev–Trinajstić information content (AvgIpc) is 3.18. The first kappa shape index (κ1) is 12.8. The second-order valence-electron chi connectivity index (χ2n) is 4.88. The Balaban J connectivity index is 2.13. The molecule has 2 aromatic rings. The number of carbonyl (C=O) groups is 1. The maximum absolute atomic E-state index is 11.3. The molecule has 1 aliphatic rings.